The quantitative estimate of drug-likeness (QED) is 0.347. The van der Waals surface area contributed by atoms with Gasteiger partial charge in [-0.3, -0.25) is 5.01 Å². The summed E-state index contributed by atoms with van der Waals surface area (Å²) >= 11 is 5.61. The molecular weight excluding hydrogens is 148 g/mol. The Kier molecular flexibility index (Phi) is 2.33. The average Bonchev–Trinajstić information content (AvgIpc) is 2.64. The Morgan fingerprint density at radius 1 is 1.70 bits per heavy atom. The van der Waals surface area contributed by atoms with E-state index in [4.69, 9.17) is 11.6 Å². The number of hydrogen-bond acceptors (Lipinski definition) is 2. The minimum Gasteiger partial charge on any atom is -0.255 e. The van der Waals surface area contributed by atoms with Gasteiger partial charge in [-0.2, -0.15) is 5.10 Å². The molecule has 0 spiro atoms. The Morgan fingerprint density at radius 3 is 2.60 bits per heavy atom. The van der Waals surface area contributed by atoms with E-state index in [1.165, 1.54) is 12.8 Å². The largest absolute Gasteiger partial charge is 0.255 e. The van der Waals surface area contributed by atoms with Gasteiger partial charge >= 0.3 is 0 Å². The van der Waals surface area contributed by atoms with Gasteiger partial charge in [0, 0.05) is 13.3 Å². The first-order valence-corrected chi connectivity index (χ1v) is 3.70. The standard InChI is InChI=1S/C7H11ClN2/c1-6(8)10(9-2)5-7-3-4-7/h7H,1-5H2. The molecule has 0 heterocycles. The van der Waals surface area contributed by atoms with Gasteiger partial charge in [0.1, 0.15) is 5.16 Å². The summed E-state index contributed by atoms with van der Waals surface area (Å²) in [6.45, 7) is 7.84. The fourth-order valence-electron chi connectivity index (χ4n) is 0.779. The van der Waals surface area contributed by atoms with Crippen LogP contribution in [0.15, 0.2) is 16.8 Å². The Morgan fingerprint density at radius 2 is 2.30 bits per heavy atom. The van der Waals surface area contributed by atoms with Crippen molar-refractivity contribution in [3.05, 3.63) is 11.7 Å². The molecule has 0 amide bonds. The van der Waals surface area contributed by atoms with Crippen LogP contribution in [-0.2, 0) is 0 Å². The van der Waals surface area contributed by atoms with Crippen molar-refractivity contribution >= 4 is 18.3 Å². The van der Waals surface area contributed by atoms with E-state index in [1.807, 2.05) is 0 Å². The number of halogens is 1. The molecule has 1 fully saturated rings. The molecule has 0 N–H and O–H groups in total. The molecule has 10 heavy (non-hydrogen) atoms. The van der Waals surface area contributed by atoms with Crippen LogP contribution in [0.4, 0.5) is 0 Å². The summed E-state index contributed by atoms with van der Waals surface area (Å²) in [4.78, 5) is 0. The lowest BCUT2D eigenvalue weighted by Gasteiger charge is -2.14. The molecule has 0 aromatic rings. The smallest absolute Gasteiger partial charge is 0.118 e. The van der Waals surface area contributed by atoms with Crippen molar-refractivity contribution in [1.82, 2.24) is 5.01 Å². The Labute approximate surface area is 66.2 Å². The molecule has 0 aromatic heterocycles. The summed E-state index contributed by atoms with van der Waals surface area (Å²) in [7, 11) is 0. The van der Waals surface area contributed by atoms with Crippen molar-refractivity contribution in [2.75, 3.05) is 6.54 Å². The van der Waals surface area contributed by atoms with Crippen molar-refractivity contribution in [2.45, 2.75) is 12.8 Å². The van der Waals surface area contributed by atoms with Crippen LogP contribution in [0.3, 0.4) is 0 Å². The van der Waals surface area contributed by atoms with Crippen LogP contribution in [0.5, 0.6) is 0 Å². The van der Waals surface area contributed by atoms with Gasteiger partial charge in [-0.15, -0.1) is 0 Å². The van der Waals surface area contributed by atoms with Crippen LogP contribution in [-0.4, -0.2) is 18.3 Å². The van der Waals surface area contributed by atoms with Gasteiger partial charge in [0.05, 0.1) is 0 Å². The molecule has 1 saturated carbocycles. The predicted octanol–water partition coefficient (Wildman–Crippen LogP) is 2.02. The van der Waals surface area contributed by atoms with Gasteiger partial charge < -0.3 is 0 Å². The summed E-state index contributed by atoms with van der Waals surface area (Å²) in [6, 6.07) is 0. The lowest BCUT2D eigenvalue weighted by atomic mass is 10.4. The summed E-state index contributed by atoms with van der Waals surface area (Å²) in [5, 5.41) is 5.82. The summed E-state index contributed by atoms with van der Waals surface area (Å²) in [5.74, 6) is 0.765. The molecule has 1 aliphatic rings. The van der Waals surface area contributed by atoms with Gasteiger partial charge in [0.2, 0.25) is 0 Å². The van der Waals surface area contributed by atoms with Crippen molar-refractivity contribution in [2.24, 2.45) is 11.0 Å². The van der Waals surface area contributed by atoms with Crippen molar-refractivity contribution in [1.29, 1.82) is 0 Å². The maximum absolute atomic E-state index is 5.61. The van der Waals surface area contributed by atoms with Crippen molar-refractivity contribution in [3.63, 3.8) is 0 Å². The zero-order chi connectivity index (χ0) is 7.56. The van der Waals surface area contributed by atoms with Crippen LogP contribution >= 0.6 is 11.6 Å². The van der Waals surface area contributed by atoms with E-state index in [9.17, 15) is 0 Å². The van der Waals surface area contributed by atoms with E-state index < -0.39 is 0 Å². The zero-order valence-electron chi connectivity index (χ0n) is 5.89. The molecule has 0 aliphatic heterocycles. The first-order valence-electron chi connectivity index (χ1n) is 3.32. The van der Waals surface area contributed by atoms with E-state index in [0.717, 1.165) is 12.5 Å². The molecule has 0 unspecified atom stereocenters. The normalized spacial score (nSPS) is 16.5. The van der Waals surface area contributed by atoms with E-state index in [0.29, 0.717) is 5.16 Å². The average molecular weight is 159 g/mol. The molecule has 2 nitrogen and oxygen atoms in total. The second kappa shape index (κ2) is 3.06. The fourth-order valence-corrected chi connectivity index (χ4v) is 0.901. The molecule has 0 saturated heterocycles. The Bertz CT molecular complexity index is 152. The molecule has 0 radical (unpaired) electrons. The number of hydrogen-bond donors (Lipinski definition) is 0. The molecule has 3 heteroatoms. The molecule has 0 bridgehead atoms. The number of rotatable bonds is 4. The molecule has 0 atom stereocenters. The van der Waals surface area contributed by atoms with Crippen LogP contribution in [0.25, 0.3) is 0 Å². The molecule has 56 valence electrons. The fraction of sp³-hybridized carbons (Fsp3) is 0.571. The minimum atomic E-state index is 0.460. The lowest BCUT2D eigenvalue weighted by Crippen LogP contribution is -2.15. The van der Waals surface area contributed by atoms with E-state index in [-0.39, 0.29) is 0 Å². The van der Waals surface area contributed by atoms with E-state index in [1.54, 1.807) is 5.01 Å². The third-order valence-corrected chi connectivity index (χ3v) is 1.77. The van der Waals surface area contributed by atoms with Gasteiger partial charge in [-0.1, -0.05) is 18.2 Å². The maximum atomic E-state index is 5.61. The highest BCUT2D eigenvalue weighted by Gasteiger charge is 2.24. The number of hydrazone groups is 1. The SMILES string of the molecule is C=NN(CC1CC1)C(=C)Cl. The monoisotopic (exact) mass is 158 g/mol. The van der Waals surface area contributed by atoms with Crippen LogP contribution < -0.4 is 0 Å². The first kappa shape index (κ1) is 7.61. The minimum absolute atomic E-state index is 0.460. The van der Waals surface area contributed by atoms with Gasteiger partial charge in [0.15, 0.2) is 0 Å². The zero-order valence-corrected chi connectivity index (χ0v) is 6.64. The van der Waals surface area contributed by atoms with Crippen LogP contribution in [0, 0.1) is 5.92 Å². The molecule has 1 aliphatic carbocycles. The van der Waals surface area contributed by atoms with Crippen LogP contribution in [0.1, 0.15) is 12.8 Å². The summed E-state index contributed by atoms with van der Waals surface area (Å²) < 4.78 is 0. The third kappa shape index (κ3) is 2.03. The highest BCUT2D eigenvalue weighted by atomic mass is 35.5. The molecule has 0 aromatic carbocycles. The van der Waals surface area contributed by atoms with Crippen molar-refractivity contribution in [3.8, 4) is 0 Å². The lowest BCUT2D eigenvalue weighted by molar-refractivity contribution is 0.373. The number of nitrogens with zero attached hydrogens (tertiary/aromatic N) is 2. The third-order valence-electron chi connectivity index (χ3n) is 1.58. The topological polar surface area (TPSA) is 15.6 Å². The summed E-state index contributed by atoms with van der Waals surface area (Å²) in [6.07, 6.45) is 2.58. The maximum Gasteiger partial charge on any atom is 0.118 e. The van der Waals surface area contributed by atoms with Gasteiger partial charge in [-0.25, -0.2) is 0 Å². The van der Waals surface area contributed by atoms with E-state index >= 15 is 0 Å². The first-order chi connectivity index (χ1) is 4.74. The second-order valence-corrected chi connectivity index (χ2v) is 2.98. The van der Waals surface area contributed by atoms with Gasteiger partial charge in [-0.05, 0) is 18.8 Å². The predicted molar refractivity (Wildman–Crippen MR) is 44.0 cm³/mol. The van der Waals surface area contributed by atoms with Crippen molar-refractivity contribution < 1.29 is 0 Å². The summed E-state index contributed by atoms with van der Waals surface area (Å²) in [5.41, 5.74) is 0. The Balaban J connectivity index is 2.31. The Hall–Kier alpha value is -0.500. The highest BCUT2D eigenvalue weighted by Crippen LogP contribution is 2.30. The molecular formula is C7H11ClN2. The highest BCUT2D eigenvalue weighted by molar-refractivity contribution is 6.28. The van der Waals surface area contributed by atoms with Gasteiger partial charge in [0.25, 0.3) is 0 Å². The van der Waals surface area contributed by atoms with Crippen LogP contribution in [0.2, 0.25) is 0 Å². The second-order valence-electron chi connectivity index (χ2n) is 2.54. The molecule has 1 rings (SSSR count). The van der Waals surface area contributed by atoms with E-state index in [2.05, 4.69) is 18.4 Å².